The molecule has 1 saturated heterocycles. The van der Waals surface area contributed by atoms with Crippen LogP contribution in [0.1, 0.15) is 31.7 Å². The van der Waals surface area contributed by atoms with Crippen LogP contribution in [0.5, 0.6) is 0 Å². The number of benzene rings is 1. The van der Waals surface area contributed by atoms with E-state index in [-0.39, 0.29) is 0 Å². The summed E-state index contributed by atoms with van der Waals surface area (Å²) < 4.78 is 0. The first-order valence-corrected chi connectivity index (χ1v) is 8.40. The number of rotatable bonds is 7. The molecule has 1 heterocycles. The van der Waals surface area contributed by atoms with E-state index in [1.807, 2.05) is 6.07 Å². The average molecular weight is 310 g/mol. The Hall–Kier alpha value is -0.770. The van der Waals surface area contributed by atoms with Crippen molar-refractivity contribution < 1.29 is 0 Å². The Kier molecular flexibility index (Phi) is 6.34. The molecule has 4 heteroatoms. The summed E-state index contributed by atoms with van der Waals surface area (Å²) in [6.45, 7) is 6.32. The summed E-state index contributed by atoms with van der Waals surface area (Å²) in [6.07, 6.45) is 3.69. The molecule has 118 valence electrons. The molecule has 0 aromatic heterocycles. The molecule has 1 aliphatic rings. The first-order valence-electron chi connectivity index (χ1n) is 8.03. The molecule has 3 nitrogen and oxygen atoms in total. The fourth-order valence-electron chi connectivity index (χ4n) is 3.15. The van der Waals surface area contributed by atoms with Crippen LogP contribution in [-0.4, -0.2) is 44.7 Å². The number of nitrogens with one attached hydrogen (secondary N) is 1. The summed E-state index contributed by atoms with van der Waals surface area (Å²) in [5.41, 5.74) is 2.56. The SMILES string of the molecule is CCCNCc1c(Cl)cccc1N1CCCC1CN(C)C. The second-order valence-corrected chi connectivity index (χ2v) is 6.57. The largest absolute Gasteiger partial charge is 0.367 e. The summed E-state index contributed by atoms with van der Waals surface area (Å²) in [7, 11) is 4.30. The van der Waals surface area contributed by atoms with Crippen molar-refractivity contribution in [1.82, 2.24) is 10.2 Å². The zero-order valence-corrected chi connectivity index (χ0v) is 14.3. The minimum absolute atomic E-state index is 0.600. The predicted octanol–water partition coefficient (Wildman–Crippen LogP) is 3.37. The van der Waals surface area contributed by atoms with Crippen LogP contribution in [-0.2, 0) is 6.54 Å². The van der Waals surface area contributed by atoms with Crippen LogP contribution in [0.15, 0.2) is 18.2 Å². The van der Waals surface area contributed by atoms with Crippen molar-refractivity contribution in [2.45, 2.75) is 38.8 Å². The lowest BCUT2D eigenvalue weighted by Gasteiger charge is -2.31. The van der Waals surface area contributed by atoms with E-state index in [0.717, 1.165) is 37.6 Å². The maximum absolute atomic E-state index is 6.46. The first-order chi connectivity index (χ1) is 10.1. The molecule has 0 saturated carbocycles. The van der Waals surface area contributed by atoms with Gasteiger partial charge in [-0.2, -0.15) is 0 Å². The highest BCUT2D eigenvalue weighted by molar-refractivity contribution is 6.31. The maximum Gasteiger partial charge on any atom is 0.0471 e. The van der Waals surface area contributed by atoms with Crippen LogP contribution in [0, 0.1) is 0 Å². The molecule has 1 aromatic rings. The highest BCUT2D eigenvalue weighted by Crippen LogP contribution is 2.32. The quantitative estimate of drug-likeness (QED) is 0.779. The van der Waals surface area contributed by atoms with Gasteiger partial charge in [-0.3, -0.25) is 0 Å². The van der Waals surface area contributed by atoms with Crippen LogP contribution in [0.25, 0.3) is 0 Å². The van der Waals surface area contributed by atoms with E-state index in [9.17, 15) is 0 Å². The Labute approximate surface area is 134 Å². The summed E-state index contributed by atoms with van der Waals surface area (Å²) in [6, 6.07) is 6.91. The van der Waals surface area contributed by atoms with Crippen LogP contribution < -0.4 is 10.2 Å². The molecule has 0 bridgehead atoms. The highest BCUT2D eigenvalue weighted by atomic mass is 35.5. The molecule has 21 heavy (non-hydrogen) atoms. The first kappa shape index (κ1) is 16.6. The van der Waals surface area contributed by atoms with Gasteiger partial charge in [0.1, 0.15) is 0 Å². The number of nitrogens with zero attached hydrogens (tertiary/aromatic N) is 2. The van der Waals surface area contributed by atoms with Gasteiger partial charge in [-0.1, -0.05) is 24.6 Å². The lowest BCUT2D eigenvalue weighted by Crippen LogP contribution is -2.38. The molecule has 0 spiro atoms. The van der Waals surface area contributed by atoms with Gasteiger partial charge in [0, 0.05) is 41.9 Å². The molecule has 1 aromatic carbocycles. The number of hydrogen-bond donors (Lipinski definition) is 1. The van der Waals surface area contributed by atoms with E-state index in [0.29, 0.717) is 6.04 Å². The molecule has 1 atom stereocenters. The van der Waals surface area contributed by atoms with Crippen molar-refractivity contribution in [3.63, 3.8) is 0 Å². The Balaban J connectivity index is 2.19. The Morgan fingerprint density at radius 3 is 2.90 bits per heavy atom. The third-order valence-corrected chi connectivity index (χ3v) is 4.44. The lowest BCUT2D eigenvalue weighted by atomic mass is 10.1. The number of hydrogen-bond acceptors (Lipinski definition) is 3. The van der Waals surface area contributed by atoms with E-state index in [4.69, 9.17) is 11.6 Å². The molecule has 1 fully saturated rings. The minimum atomic E-state index is 0.600. The van der Waals surface area contributed by atoms with Gasteiger partial charge in [0.2, 0.25) is 0 Å². The van der Waals surface area contributed by atoms with E-state index in [1.54, 1.807) is 0 Å². The third kappa shape index (κ3) is 4.35. The van der Waals surface area contributed by atoms with Crippen LogP contribution in [0.2, 0.25) is 5.02 Å². The van der Waals surface area contributed by atoms with Crippen molar-refractivity contribution in [3.05, 3.63) is 28.8 Å². The Morgan fingerprint density at radius 2 is 2.19 bits per heavy atom. The molecule has 0 amide bonds. The standard InChI is InChI=1S/C17H28ClN3/c1-4-10-19-12-15-16(18)8-5-9-17(15)21-11-6-7-14(21)13-20(2)3/h5,8-9,14,19H,4,6-7,10-13H2,1-3H3. The van der Waals surface area contributed by atoms with Gasteiger partial charge in [0.15, 0.2) is 0 Å². The van der Waals surface area contributed by atoms with Gasteiger partial charge in [-0.25, -0.2) is 0 Å². The van der Waals surface area contributed by atoms with Crippen molar-refractivity contribution >= 4 is 17.3 Å². The second-order valence-electron chi connectivity index (χ2n) is 6.17. The van der Waals surface area contributed by atoms with Gasteiger partial charge in [0.05, 0.1) is 0 Å². The van der Waals surface area contributed by atoms with Gasteiger partial charge in [-0.15, -0.1) is 0 Å². The zero-order chi connectivity index (χ0) is 15.2. The normalized spacial score (nSPS) is 18.7. The summed E-state index contributed by atoms with van der Waals surface area (Å²) >= 11 is 6.46. The van der Waals surface area contributed by atoms with Gasteiger partial charge >= 0.3 is 0 Å². The fraction of sp³-hybridized carbons (Fsp3) is 0.647. The molecule has 1 N–H and O–H groups in total. The van der Waals surface area contributed by atoms with Crippen molar-refractivity contribution in [3.8, 4) is 0 Å². The summed E-state index contributed by atoms with van der Waals surface area (Å²) in [4.78, 5) is 4.83. The van der Waals surface area contributed by atoms with Crippen LogP contribution >= 0.6 is 11.6 Å². The average Bonchev–Trinajstić information content (AvgIpc) is 2.88. The smallest absolute Gasteiger partial charge is 0.0471 e. The Bertz CT molecular complexity index is 448. The highest BCUT2D eigenvalue weighted by Gasteiger charge is 2.27. The predicted molar refractivity (Wildman–Crippen MR) is 92.4 cm³/mol. The number of likely N-dealkylation sites (N-methyl/N-ethyl adjacent to an activating group) is 1. The summed E-state index contributed by atoms with van der Waals surface area (Å²) in [5, 5.41) is 4.37. The topological polar surface area (TPSA) is 18.5 Å². The second kappa shape index (κ2) is 8.02. The summed E-state index contributed by atoms with van der Waals surface area (Å²) in [5.74, 6) is 0. The Morgan fingerprint density at radius 1 is 1.38 bits per heavy atom. The van der Waals surface area contributed by atoms with Gasteiger partial charge in [0.25, 0.3) is 0 Å². The fourth-order valence-corrected chi connectivity index (χ4v) is 3.38. The molecular weight excluding hydrogens is 282 g/mol. The van der Waals surface area contributed by atoms with E-state index in [2.05, 4.69) is 48.3 Å². The van der Waals surface area contributed by atoms with Crippen molar-refractivity contribution in [1.29, 1.82) is 0 Å². The zero-order valence-electron chi connectivity index (χ0n) is 13.5. The lowest BCUT2D eigenvalue weighted by molar-refractivity contribution is 0.372. The third-order valence-electron chi connectivity index (χ3n) is 4.09. The number of anilines is 1. The van der Waals surface area contributed by atoms with E-state index >= 15 is 0 Å². The van der Waals surface area contributed by atoms with Crippen LogP contribution in [0.3, 0.4) is 0 Å². The molecule has 1 unspecified atom stereocenters. The molecule has 1 aliphatic heterocycles. The minimum Gasteiger partial charge on any atom is -0.367 e. The van der Waals surface area contributed by atoms with Crippen molar-refractivity contribution in [2.75, 3.05) is 38.6 Å². The van der Waals surface area contributed by atoms with Gasteiger partial charge in [-0.05, 0) is 52.0 Å². The maximum atomic E-state index is 6.46. The molecule has 2 rings (SSSR count). The van der Waals surface area contributed by atoms with Crippen molar-refractivity contribution in [2.24, 2.45) is 0 Å². The molecule has 0 radical (unpaired) electrons. The van der Waals surface area contributed by atoms with E-state index < -0.39 is 0 Å². The molecule has 0 aliphatic carbocycles. The number of halogens is 1. The van der Waals surface area contributed by atoms with E-state index in [1.165, 1.54) is 24.1 Å². The monoisotopic (exact) mass is 309 g/mol. The van der Waals surface area contributed by atoms with Gasteiger partial charge < -0.3 is 15.1 Å². The molecular formula is C17H28ClN3. The van der Waals surface area contributed by atoms with Crippen LogP contribution in [0.4, 0.5) is 5.69 Å².